The minimum atomic E-state index is -0.389. The minimum absolute atomic E-state index is 0.217. The lowest BCUT2D eigenvalue weighted by atomic mass is 10.1. The van der Waals surface area contributed by atoms with Gasteiger partial charge in [0, 0.05) is 25.5 Å². The summed E-state index contributed by atoms with van der Waals surface area (Å²) in [7, 11) is 1.55. The first-order valence-electron chi connectivity index (χ1n) is 10.6. The van der Waals surface area contributed by atoms with Gasteiger partial charge in [-0.3, -0.25) is 9.59 Å². The number of benzene rings is 2. The first kappa shape index (κ1) is 23.3. The van der Waals surface area contributed by atoms with Crippen molar-refractivity contribution in [3.05, 3.63) is 88.8 Å². The van der Waals surface area contributed by atoms with Crippen molar-refractivity contribution in [3.63, 3.8) is 0 Å². The van der Waals surface area contributed by atoms with E-state index in [-0.39, 0.29) is 16.8 Å². The van der Waals surface area contributed by atoms with Crippen LogP contribution >= 0.6 is 11.6 Å². The predicted molar refractivity (Wildman–Crippen MR) is 130 cm³/mol. The van der Waals surface area contributed by atoms with Crippen molar-refractivity contribution in [1.82, 2.24) is 15.1 Å². The number of anilines is 1. The van der Waals surface area contributed by atoms with Crippen molar-refractivity contribution < 1.29 is 18.7 Å². The Bertz CT molecular complexity index is 1310. The third kappa shape index (κ3) is 5.19. The molecule has 0 bridgehead atoms. The summed E-state index contributed by atoms with van der Waals surface area (Å²) in [4.78, 5) is 25.5. The second-order valence-electron chi connectivity index (χ2n) is 7.48. The van der Waals surface area contributed by atoms with Gasteiger partial charge in [0.2, 0.25) is 0 Å². The van der Waals surface area contributed by atoms with Gasteiger partial charge in [-0.15, -0.1) is 0 Å². The molecule has 0 radical (unpaired) electrons. The molecular weight excluding hydrogens is 456 g/mol. The molecule has 0 spiro atoms. The third-order valence-corrected chi connectivity index (χ3v) is 5.33. The summed E-state index contributed by atoms with van der Waals surface area (Å²) < 4.78 is 12.3. The summed E-state index contributed by atoms with van der Waals surface area (Å²) in [6, 6.07) is 17.8. The van der Waals surface area contributed by atoms with Crippen LogP contribution in [0.3, 0.4) is 0 Å². The number of aryl methyl sites for hydroxylation is 1. The molecule has 2 heterocycles. The van der Waals surface area contributed by atoms with Crippen molar-refractivity contribution in [2.75, 3.05) is 25.6 Å². The van der Waals surface area contributed by atoms with Gasteiger partial charge in [0.25, 0.3) is 11.8 Å². The number of ether oxygens (including phenoxy) is 1. The van der Waals surface area contributed by atoms with Crippen molar-refractivity contribution in [1.29, 1.82) is 0 Å². The van der Waals surface area contributed by atoms with Gasteiger partial charge in [0.15, 0.2) is 5.76 Å². The summed E-state index contributed by atoms with van der Waals surface area (Å²) in [6.07, 6.45) is 1.65. The van der Waals surface area contributed by atoms with E-state index in [0.29, 0.717) is 47.2 Å². The fourth-order valence-corrected chi connectivity index (χ4v) is 3.60. The number of nitrogens with zero attached hydrogens (tertiary/aromatic N) is 2. The molecule has 174 valence electrons. The Morgan fingerprint density at radius 1 is 1.06 bits per heavy atom. The van der Waals surface area contributed by atoms with E-state index in [2.05, 4.69) is 15.7 Å². The van der Waals surface area contributed by atoms with Crippen molar-refractivity contribution in [2.45, 2.75) is 6.92 Å². The van der Waals surface area contributed by atoms with Crippen molar-refractivity contribution in [3.8, 4) is 17.1 Å². The number of amides is 2. The van der Waals surface area contributed by atoms with Crippen molar-refractivity contribution >= 4 is 29.1 Å². The highest BCUT2D eigenvalue weighted by molar-refractivity contribution is 6.34. The number of hydrogen-bond acceptors (Lipinski definition) is 5. The number of nitrogens with one attached hydrogen (secondary N) is 2. The SMILES string of the molecule is COCCNC(=O)c1ccc(NC(=O)c2cn(-c3ccccc3)nc2-c2ccc(C)o2)cc1Cl. The normalized spacial score (nSPS) is 10.8. The first-order valence-corrected chi connectivity index (χ1v) is 10.9. The molecule has 2 amide bonds. The predicted octanol–water partition coefficient (Wildman–Crippen LogP) is 4.72. The van der Waals surface area contributed by atoms with Gasteiger partial charge in [-0.1, -0.05) is 29.8 Å². The molecule has 0 aliphatic carbocycles. The number of halogens is 1. The number of aromatic nitrogens is 2. The smallest absolute Gasteiger partial charge is 0.259 e. The van der Waals surface area contributed by atoms with Crippen LogP contribution in [0.25, 0.3) is 17.1 Å². The van der Waals surface area contributed by atoms with Gasteiger partial charge in [0.05, 0.1) is 28.4 Å². The van der Waals surface area contributed by atoms with E-state index in [4.69, 9.17) is 20.8 Å². The molecule has 8 nitrogen and oxygen atoms in total. The molecular formula is C25H23ClN4O4. The molecule has 0 fully saturated rings. The van der Waals surface area contributed by atoms with E-state index in [9.17, 15) is 9.59 Å². The maximum Gasteiger partial charge on any atom is 0.259 e. The zero-order chi connectivity index (χ0) is 24.1. The van der Waals surface area contributed by atoms with Crippen LogP contribution in [0.1, 0.15) is 26.5 Å². The molecule has 34 heavy (non-hydrogen) atoms. The summed E-state index contributed by atoms with van der Waals surface area (Å²) in [5, 5.41) is 10.4. The second-order valence-corrected chi connectivity index (χ2v) is 7.89. The minimum Gasteiger partial charge on any atom is -0.460 e. The molecule has 0 atom stereocenters. The summed E-state index contributed by atoms with van der Waals surface area (Å²) in [5.74, 6) is 0.486. The molecule has 4 rings (SSSR count). The zero-order valence-corrected chi connectivity index (χ0v) is 19.4. The Kier molecular flexibility index (Phi) is 7.10. The number of para-hydroxylation sites is 1. The molecule has 0 saturated carbocycles. The molecule has 2 aromatic carbocycles. The van der Waals surface area contributed by atoms with Crippen LogP contribution in [0, 0.1) is 6.92 Å². The summed E-state index contributed by atoms with van der Waals surface area (Å²) >= 11 is 6.31. The number of rotatable bonds is 8. The average molecular weight is 479 g/mol. The van der Waals surface area contributed by atoms with E-state index in [1.807, 2.05) is 43.3 Å². The Hall–Kier alpha value is -3.88. The largest absolute Gasteiger partial charge is 0.460 e. The lowest BCUT2D eigenvalue weighted by Crippen LogP contribution is -2.27. The fourth-order valence-electron chi connectivity index (χ4n) is 3.33. The third-order valence-electron chi connectivity index (χ3n) is 5.02. The highest BCUT2D eigenvalue weighted by atomic mass is 35.5. The Morgan fingerprint density at radius 3 is 2.53 bits per heavy atom. The lowest BCUT2D eigenvalue weighted by molar-refractivity contribution is 0.0936. The Morgan fingerprint density at radius 2 is 1.85 bits per heavy atom. The van der Waals surface area contributed by atoms with Crippen LogP contribution in [-0.2, 0) is 4.74 Å². The van der Waals surface area contributed by atoms with Crippen LogP contribution < -0.4 is 10.6 Å². The van der Waals surface area contributed by atoms with Crippen LogP contribution in [0.2, 0.25) is 5.02 Å². The van der Waals surface area contributed by atoms with Crippen LogP contribution in [0.4, 0.5) is 5.69 Å². The highest BCUT2D eigenvalue weighted by Crippen LogP contribution is 2.27. The van der Waals surface area contributed by atoms with E-state index in [1.165, 1.54) is 6.07 Å². The molecule has 0 unspecified atom stereocenters. The monoisotopic (exact) mass is 478 g/mol. The van der Waals surface area contributed by atoms with Crippen molar-refractivity contribution in [2.24, 2.45) is 0 Å². The second kappa shape index (κ2) is 10.4. The van der Waals surface area contributed by atoms with Gasteiger partial charge >= 0.3 is 0 Å². The first-order chi connectivity index (χ1) is 16.5. The van der Waals surface area contributed by atoms with E-state index < -0.39 is 0 Å². The topological polar surface area (TPSA) is 98.4 Å². The van der Waals surface area contributed by atoms with Gasteiger partial charge < -0.3 is 19.8 Å². The van der Waals surface area contributed by atoms with Crippen LogP contribution in [-0.4, -0.2) is 41.9 Å². The van der Waals surface area contributed by atoms with E-state index >= 15 is 0 Å². The van der Waals surface area contributed by atoms with Gasteiger partial charge in [0.1, 0.15) is 11.5 Å². The van der Waals surface area contributed by atoms with Crippen LogP contribution in [0.5, 0.6) is 0 Å². The number of methoxy groups -OCH3 is 1. The molecule has 0 aliphatic heterocycles. The average Bonchev–Trinajstić information content (AvgIpc) is 3.46. The number of hydrogen-bond donors (Lipinski definition) is 2. The molecule has 2 N–H and O–H groups in total. The van der Waals surface area contributed by atoms with Gasteiger partial charge in [-0.05, 0) is 49.4 Å². The maximum absolute atomic E-state index is 13.2. The highest BCUT2D eigenvalue weighted by Gasteiger charge is 2.21. The molecule has 2 aromatic heterocycles. The van der Waals surface area contributed by atoms with Crippen LogP contribution in [0.15, 0.2) is 71.3 Å². The molecule has 0 saturated heterocycles. The summed E-state index contributed by atoms with van der Waals surface area (Å²) in [6.45, 7) is 2.59. The number of carbonyl (C=O) groups is 2. The maximum atomic E-state index is 13.2. The Labute approximate surface area is 201 Å². The van der Waals surface area contributed by atoms with E-state index in [1.54, 1.807) is 36.2 Å². The fraction of sp³-hybridized carbons (Fsp3) is 0.160. The van der Waals surface area contributed by atoms with E-state index in [0.717, 1.165) is 5.69 Å². The van der Waals surface area contributed by atoms with Gasteiger partial charge in [-0.25, -0.2) is 4.68 Å². The number of carbonyl (C=O) groups excluding carboxylic acids is 2. The molecule has 0 aliphatic rings. The summed E-state index contributed by atoms with van der Waals surface area (Å²) in [5.41, 5.74) is 2.29. The lowest BCUT2D eigenvalue weighted by Gasteiger charge is -2.09. The standard InChI is InChI=1S/C25H23ClN4O4/c1-16-8-11-22(34-16)23-20(15-30(29-23)18-6-4-3-5-7-18)25(32)28-17-9-10-19(21(26)14-17)24(31)27-12-13-33-2/h3-11,14-15H,12-13H2,1-2H3,(H,27,31)(H,28,32). The number of furan rings is 1. The Balaban J connectivity index is 1.60. The molecule has 4 aromatic rings. The molecule has 9 heteroatoms. The van der Waals surface area contributed by atoms with Gasteiger partial charge in [-0.2, -0.15) is 5.10 Å². The zero-order valence-electron chi connectivity index (χ0n) is 18.7. The quantitative estimate of drug-likeness (QED) is 0.357.